The predicted octanol–water partition coefficient (Wildman–Crippen LogP) is 7.68. The van der Waals surface area contributed by atoms with Crippen LogP contribution in [0.3, 0.4) is 0 Å². The molecule has 3 rings (SSSR count). The molecule has 0 bridgehead atoms. The lowest BCUT2D eigenvalue weighted by molar-refractivity contribution is -0.120. The Morgan fingerprint density at radius 3 is 2.30 bits per heavy atom. The average Bonchev–Trinajstić information content (AvgIpc) is 2.82. The van der Waals surface area contributed by atoms with Gasteiger partial charge >= 0.3 is 0 Å². The summed E-state index contributed by atoms with van der Waals surface area (Å²) in [5.74, 6) is -0.0831. The molecule has 37 heavy (non-hydrogen) atoms. The molecular formula is C29H41Cl2FN2O3. The van der Waals surface area contributed by atoms with E-state index in [-0.39, 0.29) is 16.7 Å². The summed E-state index contributed by atoms with van der Waals surface area (Å²) in [6, 6.07) is 10.7. The summed E-state index contributed by atoms with van der Waals surface area (Å²) in [6.07, 6.45) is 7.08. The van der Waals surface area contributed by atoms with Crippen LogP contribution in [0.25, 0.3) is 0 Å². The minimum atomic E-state index is -0.551. The van der Waals surface area contributed by atoms with Gasteiger partial charge in [0.25, 0.3) is 6.47 Å². The third-order valence-electron chi connectivity index (χ3n) is 5.37. The Bertz CT molecular complexity index is 955. The highest BCUT2D eigenvalue weighted by atomic mass is 35.5. The van der Waals surface area contributed by atoms with Crippen LogP contribution < -0.4 is 15.4 Å². The lowest BCUT2D eigenvalue weighted by Gasteiger charge is -2.19. The minimum absolute atomic E-state index is 0.0853. The molecule has 2 N–H and O–H groups in total. The summed E-state index contributed by atoms with van der Waals surface area (Å²) in [7, 11) is 0. The second kappa shape index (κ2) is 17.4. The number of benzene rings is 2. The SMILES string of the molecule is CC(C)(C)C.CC(CNCc1cc(F)c(Cl)cc1OC=O)c1cccc(Cl)c1.O=CNC1CCCCC1. The zero-order valence-electron chi connectivity index (χ0n) is 22.6. The topological polar surface area (TPSA) is 67.4 Å². The molecule has 1 atom stereocenters. The molecule has 1 fully saturated rings. The highest BCUT2D eigenvalue weighted by Crippen LogP contribution is 2.26. The number of hydrogen-bond donors (Lipinski definition) is 2. The zero-order chi connectivity index (χ0) is 27.8. The zero-order valence-corrected chi connectivity index (χ0v) is 24.1. The van der Waals surface area contributed by atoms with Crippen LogP contribution in [0.2, 0.25) is 10.0 Å². The van der Waals surface area contributed by atoms with E-state index in [1.807, 2.05) is 24.3 Å². The Kier molecular flexibility index (Phi) is 15.4. The smallest absolute Gasteiger partial charge is 0.298 e. The van der Waals surface area contributed by atoms with Gasteiger partial charge < -0.3 is 15.4 Å². The molecule has 1 unspecified atom stereocenters. The van der Waals surface area contributed by atoms with Gasteiger partial charge in [0, 0.05) is 35.8 Å². The van der Waals surface area contributed by atoms with Crippen LogP contribution >= 0.6 is 23.2 Å². The standard InChI is InChI=1S/C17H16Cl2FNO2.C7H13NO.C5H12/c1-11(12-3-2-4-14(18)5-12)8-21-9-13-6-16(20)15(19)7-17(13)23-10-22;9-6-8-7-4-2-1-3-5-7;1-5(2,3)4/h2-7,10-11,21H,8-9H2,1H3;6-7H,1-5H2,(H,8,9);1-4H3. The van der Waals surface area contributed by atoms with Gasteiger partial charge in [-0.3, -0.25) is 9.59 Å². The van der Waals surface area contributed by atoms with Crippen LogP contribution in [-0.2, 0) is 16.1 Å². The molecular weight excluding hydrogens is 514 g/mol. The number of carbonyl (C=O) groups is 2. The lowest BCUT2D eigenvalue weighted by Crippen LogP contribution is -2.29. The number of halogens is 3. The third-order valence-corrected chi connectivity index (χ3v) is 5.90. The van der Waals surface area contributed by atoms with Crippen LogP contribution in [0.4, 0.5) is 4.39 Å². The molecule has 0 spiro atoms. The van der Waals surface area contributed by atoms with Gasteiger partial charge in [-0.2, -0.15) is 0 Å². The van der Waals surface area contributed by atoms with E-state index in [4.69, 9.17) is 27.9 Å². The number of hydrogen-bond acceptors (Lipinski definition) is 4. The Hall–Kier alpha value is -2.15. The molecule has 0 saturated heterocycles. The maximum Gasteiger partial charge on any atom is 0.298 e. The Labute approximate surface area is 231 Å². The van der Waals surface area contributed by atoms with Gasteiger partial charge in [-0.1, -0.05) is 89.2 Å². The van der Waals surface area contributed by atoms with E-state index in [1.165, 1.54) is 44.2 Å². The Morgan fingerprint density at radius 2 is 1.73 bits per heavy atom. The van der Waals surface area contributed by atoms with E-state index in [1.54, 1.807) is 0 Å². The summed E-state index contributed by atoms with van der Waals surface area (Å²) < 4.78 is 18.4. The van der Waals surface area contributed by atoms with Gasteiger partial charge in [0.05, 0.1) is 5.02 Å². The molecule has 0 aromatic heterocycles. The normalized spacial score (nSPS) is 14.3. The fourth-order valence-corrected chi connectivity index (χ4v) is 3.94. The first-order valence-electron chi connectivity index (χ1n) is 12.7. The molecule has 0 aliphatic heterocycles. The maximum atomic E-state index is 13.6. The highest BCUT2D eigenvalue weighted by molar-refractivity contribution is 6.31. The first-order valence-corrected chi connectivity index (χ1v) is 13.4. The molecule has 0 radical (unpaired) electrons. The van der Waals surface area contributed by atoms with Crippen molar-refractivity contribution in [3.8, 4) is 5.75 Å². The molecule has 2 aromatic rings. The van der Waals surface area contributed by atoms with Gasteiger partial charge in [-0.15, -0.1) is 0 Å². The van der Waals surface area contributed by atoms with Crippen molar-refractivity contribution in [2.75, 3.05) is 6.54 Å². The van der Waals surface area contributed by atoms with Gasteiger partial charge in [0.15, 0.2) is 0 Å². The summed E-state index contributed by atoms with van der Waals surface area (Å²) >= 11 is 11.7. The van der Waals surface area contributed by atoms with Crippen molar-refractivity contribution in [2.24, 2.45) is 5.41 Å². The largest absolute Gasteiger partial charge is 0.428 e. The van der Waals surface area contributed by atoms with Gasteiger partial charge in [-0.25, -0.2) is 4.39 Å². The van der Waals surface area contributed by atoms with Crippen LogP contribution in [0.15, 0.2) is 36.4 Å². The van der Waals surface area contributed by atoms with Crippen molar-refractivity contribution in [2.45, 2.75) is 85.2 Å². The highest BCUT2D eigenvalue weighted by Gasteiger charge is 2.12. The van der Waals surface area contributed by atoms with E-state index in [0.717, 1.165) is 12.0 Å². The Morgan fingerprint density at radius 1 is 1.08 bits per heavy atom. The summed E-state index contributed by atoms with van der Waals surface area (Å²) in [5, 5.41) is 6.63. The summed E-state index contributed by atoms with van der Waals surface area (Å²) in [4.78, 5) is 20.5. The van der Waals surface area contributed by atoms with Crippen molar-refractivity contribution >= 4 is 36.1 Å². The molecule has 8 heteroatoms. The number of rotatable bonds is 9. The monoisotopic (exact) mass is 554 g/mol. The number of carbonyl (C=O) groups excluding carboxylic acids is 2. The van der Waals surface area contributed by atoms with E-state index >= 15 is 0 Å². The molecule has 5 nitrogen and oxygen atoms in total. The number of amides is 1. The van der Waals surface area contributed by atoms with E-state index in [2.05, 4.69) is 45.3 Å². The molecule has 1 amide bonds. The van der Waals surface area contributed by atoms with E-state index in [0.29, 0.717) is 41.6 Å². The molecule has 1 aliphatic rings. The van der Waals surface area contributed by atoms with Crippen LogP contribution in [0.1, 0.15) is 83.8 Å². The Balaban J connectivity index is 0.000000400. The molecule has 2 aromatic carbocycles. The first kappa shape index (κ1) is 32.9. The average molecular weight is 556 g/mol. The minimum Gasteiger partial charge on any atom is -0.428 e. The third kappa shape index (κ3) is 15.0. The fourth-order valence-electron chi connectivity index (χ4n) is 3.59. The van der Waals surface area contributed by atoms with Crippen LogP contribution in [0, 0.1) is 11.2 Å². The van der Waals surface area contributed by atoms with E-state index < -0.39 is 5.82 Å². The van der Waals surface area contributed by atoms with Crippen molar-refractivity contribution in [1.82, 2.24) is 10.6 Å². The molecule has 206 valence electrons. The van der Waals surface area contributed by atoms with Crippen molar-refractivity contribution < 1.29 is 18.7 Å². The van der Waals surface area contributed by atoms with Gasteiger partial charge in [0.2, 0.25) is 6.41 Å². The fraction of sp³-hybridized carbons (Fsp3) is 0.517. The number of nitrogens with one attached hydrogen (secondary N) is 2. The number of ether oxygens (including phenoxy) is 1. The van der Waals surface area contributed by atoms with Gasteiger partial charge in [0.1, 0.15) is 11.6 Å². The first-order chi connectivity index (χ1) is 17.4. The predicted molar refractivity (Wildman–Crippen MR) is 151 cm³/mol. The van der Waals surface area contributed by atoms with Crippen molar-refractivity contribution in [3.05, 3.63) is 63.4 Å². The molecule has 0 heterocycles. The van der Waals surface area contributed by atoms with Crippen LogP contribution in [-0.4, -0.2) is 25.5 Å². The second-order valence-electron chi connectivity index (χ2n) is 10.8. The van der Waals surface area contributed by atoms with Crippen molar-refractivity contribution in [3.63, 3.8) is 0 Å². The second-order valence-corrected chi connectivity index (χ2v) is 11.6. The lowest BCUT2D eigenvalue weighted by atomic mass is 9.96. The summed E-state index contributed by atoms with van der Waals surface area (Å²) in [6.45, 7) is 12.1. The van der Waals surface area contributed by atoms with Crippen LogP contribution in [0.5, 0.6) is 5.75 Å². The maximum absolute atomic E-state index is 13.6. The molecule has 1 aliphatic carbocycles. The molecule has 1 saturated carbocycles. The van der Waals surface area contributed by atoms with Gasteiger partial charge in [-0.05, 0) is 47.9 Å². The van der Waals surface area contributed by atoms with Crippen molar-refractivity contribution in [1.29, 1.82) is 0 Å². The summed E-state index contributed by atoms with van der Waals surface area (Å²) in [5.41, 5.74) is 2.13. The quantitative estimate of drug-likeness (QED) is 0.312. The van der Waals surface area contributed by atoms with E-state index in [9.17, 15) is 14.0 Å².